The van der Waals surface area contributed by atoms with E-state index in [0.29, 0.717) is 22.2 Å². The van der Waals surface area contributed by atoms with Crippen molar-refractivity contribution in [1.29, 1.82) is 0 Å². The molecule has 0 amide bonds. The Morgan fingerprint density at radius 2 is 0.842 bits per heavy atom. The third-order valence-electron chi connectivity index (χ3n) is 13.4. The normalized spacial score (nSPS) is 18.3. The molecule has 0 fully saturated rings. The van der Waals surface area contributed by atoms with Crippen LogP contribution in [0.15, 0.2) is 72.8 Å². The molecule has 0 spiro atoms. The second kappa shape index (κ2) is 19.4. The molecular formula is C51H74N2O2Si2. The summed E-state index contributed by atoms with van der Waals surface area (Å²) in [6, 6.07) is 26.9. The van der Waals surface area contributed by atoms with Gasteiger partial charge < -0.3 is 8.85 Å². The number of unbranched alkanes of at least 4 members (excludes halogenated alkanes) is 6. The molecule has 0 radical (unpaired) electrons. The van der Waals surface area contributed by atoms with Gasteiger partial charge >= 0.3 is 0 Å². The molecule has 2 aliphatic rings. The monoisotopic (exact) mass is 803 g/mol. The Balaban J connectivity index is 1.38. The van der Waals surface area contributed by atoms with E-state index in [0.717, 1.165) is 32.1 Å². The van der Waals surface area contributed by atoms with E-state index in [9.17, 15) is 0 Å². The molecule has 57 heavy (non-hydrogen) atoms. The number of benzene rings is 2. The number of nitrogens with zero attached hydrogens (tertiary/aromatic N) is 2. The first-order valence-electron chi connectivity index (χ1n) is 23.0. The number of aryl methyl sites for hydroxylation is 4. The Labute approximate surface area is 349 Å². The Morgan fingerprint density at radius 3 is 1.18 bits per heavy atom. The number of pyridine rings is 2. The van der Waals surface area contributed by atoms with Crippen LogP contribution in [-0.2, 0) is 34.5 Å². The van der Waals surface area contributed by atoms with Gasteiger partial charge in [0.1, 0.15) is 0 Å². The summed E-state index contributed by atoms with van der Waals surface area (Å²) in [5, 5.41) is 3.04. The van der Waals surface area contributed by atoms with Gasteiger partial charge in [-0.1, -0.05) is 168 Å². The van der Waals surface area contributed by atoms with Crippen LogP contribution >= 0.6 is 0 Å². The summed E-state index contributed by atoms with van der Waals surface area (Å²) in [4.78, 5) is 11.2. The molecule has 0 saturated carbocycles. The predicted molar refractivity (Wildman–Crippen MR) is 246 cm³/mol. The van der Waals surface area contributed by atoms with Crippen molar-refractivity contribution in [2.24, 2.45) is 0 Å². The first-order chi connectivity index (χ1) is 27.5. The van der Waals surface area contributed by atoms with E-state index in [4.69, 9.17) is 18.8 Å². The largest absolute Gasteiger partial charge is 0.401 e. The van der Waals surface area contributed by atoms with Crippen molar-refractivity contribution in [2.75, 3.05) is 0 Å². The lowest BCUT2D eigenvalue weighted by Gasteiger charge is -2.36. The fraction of sp³-hybridized carbons (Fsp3) is 0.569. The Bertz CT molecular complexity index is 1740. The average Bonchev–Trinajstić information content (AvgIpc) is 3.75. The van der Waals surface area contributed by atoms with Crippen LogP contribution in [0.3, 0.4) is 0 Å². The maximum atomic E-state index is 7.51. The van der Waals surface area contributed by atoms with E-state index >= 15 is 0 Å². The average molecular weight is 803 g/mol. The van der Waals surface area contributed by atoms with Crippen molar-refractivity contribution in [3.8, 4) is 0 Å². The summed E-state index contributed by atoms with van der Waals surface area (Å²) in [6.45, 7) is 23.8. The molecule has 6 heteroatoms. The molecule has 308 valence electrons. The fourth-order valence-electron chi connectivity index (χ4n) is 10.6. The van der Waals surface area contributed by atoms with E-state index in [1.165, 1.54) is 107 Å². The molecule has 2 aromatic heterocycles. The van der Waals surface area contributed by atoms with Crippen molar-refractivity contribution in [3.63, 3.8) is 0 Å². The SMILES string of the molecule is CCCCCCc1nc(CCCc2cc3c(c(CCCCCC)n2)[Si](C(C)C)(C(C)C)O[C@H]3c2ccccc2)cc2c1[Si](C(C)C)(C(C)C)O[C@H]2c1ccccc1. The number of hydrogen-bond donors (Lipinski definition) is 0. The zero-order valence-electron chi connectivity index (χ0n) is 37.3. The van der Waals surface area contributed by atoms with Gasteiger partial charge in [-0.2, -0.15) is 0 Å². The molecule has 2 aliphatic heterocycles. The molecule has 2 atom stereocenters. The van der Waals surface area contributed by atoms with Crippen molar-refractivity contribution < 1.29 is 8.85 Å². The first-order valence-corrected chi connectivity index (χ1v) is 27.1. The van der Waals surface area contributed by atoms with E-state index in [-0.39, 0.29) is 12.2 Å². The molecule has 4 nitrogen and oxygen atoms in total. The van der Waals surface area contributed by atoms with Crippen LogP contribution in [0, 0.1) is 0 Å². The summed E-state index contributed by atoms with van der Waals surface area (Å²) in [5.41, 5.74) is 12.3. The van der Waals surface area contributed by atoms with Crippen LogP contribution in [-0.4, -0.2) is 26.6 Å². The van der Waals surface area contributed by atoms with Crippen molar-refractivity contribution >= 4 is 27.0 Å². The second-order valence-electron chi connectivity index (χ2n) is 18.5. The second-order valence-corrected chi connectivity index (χ2v) is 27.8. The molecule has 0 aliphatic carbocycles. The third-order valence-corrected chi connectivity index (χ3v) is 24.2. The number of aromatic nitrogens is 2. The summed E-state index contributed by atoms with van der Waals surface area (Å²) in [7, 11) is -4.70. The van der Waals surface area contributed by atoms with E-state index < -0.39 is 16.6 Å². The van der Waals surface area contributed by atoms with Gasteiger partial charge in [-0.3, -0.25) is 9.97 Å². The fourth-order valence-corrected chi connectivity index (χ4v) is 20.8. The van der Waals surface area contributed by atoms with Crippen molar-refractivity contribution in [2.45, 2.75) is 187 Å². The van der Waals surface area contributed by atoms with Crippen LogP contribution in [0.2, 0.25) is 22.2 Å². The van der Waals surface area contributed by atoms with Crippen LogP contribution in [0.5, 0.6) is 0 Å². The Kier molecular flexibility index (Phi) is 14.9. The predicted octanol–water partition coefficient (Wildman–Crippen LogP) is 13.1. The van der Waals surface area contributed by atoms with Crippen LogP contribution in [0.4, 0.5) is 0 Å². The highest BCUT2D eigenvalue weighted by Gasteiger charge is 2.55. The van der Waals surface area contributed by atoms with E-state index in [1.54, 1.807) is 0 Å². The van der Waals surface area contributed by atoms with Crippen LogP contribution in [0.25, 0.3) is 0 Å². The van der Waals surface area contributed by atoms with Gasteiger partial charge in [0.25, 0.3) is 0 Å². The standard InChI is InChI=1S/C51H74N2O2Si2/c1-11-13-15-23-32-46-50-44(48(40-26-19-17-20-27-40)54-56(50,36(3)4)37(5)6)34-42(52-46)30-25-31-43-35-45-49(41-28-21-18-22-29-41)55-57(38(7)8,39(9)10)51(45)47(53-43)33-24-16-14-12-2/h17-22,26-29,34-39,48-49H,11-16,23-25,30-33H2,1-10H3/t48-,49-/m0/s1. The smallest absolute Gasteiger partial charge is 0.232 e. The minimum atomic E-state index is -2.35. The maximum absolute atomic E-state index is 7.51. The first kappa shape index (κ1) is 43.7. The summed E-state index contributed by atoms with van der Waals surface area (Å²) >= 11 is 0. The van der Waals surface area contributed by atoms with Gasteiger partial charge in [0.2, 0.25) is 16.6 Å². The zero-order chi connectivity index (χ0) is 40.7. The molecule has 0 bridgehead atoms. The quantitative estimate of drug-likeness (QED) is 0.0659. The minimum Gasteiger partial charge on any atom is -0.401 e. The lowest BCUT2D eigenvalue weighted by atomic mass is 9.97. The summed E-state index contributed by atoms with van der Waals surface area (Å²) < 4.78 is 15.0. The van der Waals surface area contributed by atoms with E-state index in [2.05, 4.69) is 142 Å². The number of fused-ring (bicyclic) bond motifs is 2. The Hall–Kier alpha value is -2.91. The molecule has 4 heterocycles. The van der Waals surface area contributed by atoms with Crippen molar-refractivity contribution in [3.05, 3.63) is 118 Å². The zero-order valence-corrected chi connectivity index (χ0v) is 39.3. The van der Waals surface area contributed by atoms with E-state index in [1.807, 2.05) is 0 Å². The molecule has 6 rings (SSSR count). The van der Waals surface area contributed by atoms with Gasteiger partial charge in [-0.15, -0.1) is 0 Å². The third kappa shape index (κ3) is 8.86. The molecule has 0 N–H and O–H groups in total. The van der Waals surface area contributed by atoms with Gasteiger partial charge in [0.15, 0.2) is 0 Å². The van der Waals surface area contributed by atoms with Crippen LogP contribution in [0.1, 0.15) is 184 Å². The van der Waals surface area contributed by atoms with Gasteiger partial charge in [0, 0.05) is 22.8 Å². The molecule has 4 aromatic rings. The highest BCUT2D eigenvalue weighted by atomic mass is 28.4. The van der Waals surface area contributed by atoms with Crippen LogP contribution < -0.4 is 10.4 Å². The molecular weight excluding hydrogens is 729 g/mol. The van der Waals surface area contributed by atoms with Crippen molar-refractivity contribution in [1.82, 2.24) is 9.97 Å². The summed E-state index contributed by atoms with van der Waals surface area (Å²) in [6.07, 6.45) is 14.9. The maximum Gasteiger partial charge on any atom is 0.232 e. The lowest BCUT2D eigenvalue weighted by molar-refractivity contribution is 0.243. The van der Waals surface area contributed by atoms with Gasteiger partial charge in [-0.25, -0.2) is 0 Å². The van der Waals surface area contributed by atoms with Gasteiger partial charge in [0.05, 0.1) is 12.2 Å². The summed E-state index contributed by atoms with van der Waals surface area (Å²) in [5.74, 6) is 0. The molecule has 2 aromatic carbocycles. The minimum absolute atomic E-state index is 0.0243. The number of rotatable bonds is 20. The van der Waals surface area contributed by atoms with Gasteiger partial charge in [-0.05, 0) is 112 Å². The topological polar surface area (TPSA) is 44.2 Å². The Morgan fingerprint density at radius 1 is 0.474 bits per heavy atom. The highest BCUT2D eigenvalue weighted by molar-refractivity contribution is 6.90. The number of hydrogen-bond acceptors (Lipinski definition) is 4. The lowest BCUT2D eigenvalue weighted by Crippen LogP contribution is -2.54. The highest BCUT2D eigenvalue weighted by Crippen LogP contribution is 2.48. The molecule has 0 saturated heterocycles. The molecule has 0 unspecified atom stereocenters.